The van der Waals surface area contributed by atoms with E-state index >= 15 is 0 Å². The van der Waals surface area contributed by atoms with Gasteiger partial charge >= 0.3 is 12.3 Å². The Balaban J connectivity index is 1.94. The van der Waals surface area contributed by atoms with Gasteiger partial charge in [0.1, 0.15) is 28.6 Å². The van der Waals surface area contributed by atoms with Crippen molar-refractivity contribution in [1.29, 1.82) is 0 Å². The normalized spacial score (nSPS) is 10.9. The first-order chi connectivity index (χ1) is 16.5. The second kappa shape index (κ2) is 10.5. The van der Waals surface area contributed by atoms with E-state index in [0.717, 1.165) is 44.6 Å². The van der Waals surface area contributed by atoms with Gasteiger partial charge in [0.2, 0.25) is 0 Å². The molecule has 1 heterocycles. The van der Waals surface area contributed by atoms with E-state index in [0.29, 0.717) is 0 Å². The molecule has 0 fully saturated rings. The van der Waals surface area contributed by atoms with Crippen molar-refractivity contribution in [2.24, 2.45) is 0 Å². The lowest BCUT2D eigenvalue weighted by molar-refractivity contribution is -0.274. The maximum absolute atomic E-state index is 14.8. The van der Waals surface area contributed by atoms with Crippen molar-refractivity contribution in [3.63, 3.8) is 0 Å². The highest BCUT2D eigenvalue weighted by Gasteiger charge is 2.31. The Morgan fingerprint density at radius 3 is 2.40 bits per heavy atom. The number of carbonyl (C=O) groups excluding carboxylic acids is 2. The van der Waals surface area contributed by atoms with Crippen LogP contribution in [0.1, 0.15) is 20.8 Å². The molecule has 0 bridgehead atoms. The number of hydrogen-bond donors (Lipinski definition) is 1. The number of anilines is 1. The molecule has 0 aliphatic carbocycles. The smallest absolute Gasteiger partial charge is 0.493 e. The van der Waals surface area contributed by atoms with Crippen LogP contribution in [0.2, 0.25) is 5.02 Å². The summed E-state index contributed by atoms with van der Waals surface area (Å²) in [5.74, 6) is -4.10. The Hall–Kier alpha value is -4.06. The number of halogens is 5. The summed E-state index contributed by atoms with van der Waals surface area (Å²) in [4.78, 5) is 28.3. The lowest BCUT2D eigenvalue weighted by atomic mass is 10.1. The first-order valence-electron chi connectivity index (χ1n) is 9.47. The standard InChI is InChI=1S/C22H15ClF4N2O6/c1-32-17-10-13(35-22(25,26)27)3-4-16(17)34-18-8-11(23)7-14(24)19(18)20(30)29-12-5-6-28-15(9-12)21(31)33-2/h3-10H,1-2H3,(H,28,29,30). The summed E-state index contributed by atoms with van der Waals surface area (Å²) in [6.45, 7) is 0. The Labute approximate surface area is 200 Å². The van der Waals surface area contributed by atoms with Crippen LogP contribution in [0.15, 0.2) is 48.7 Å². The van der Waals surface area contributed by atoms with Crippen LogP contribution >= 0.6 is 11.6 Å². The highest BCUT2D eigenvalue weighted by atomic mass is 35.5. The Morgan fingerprint density at radius 1 is 1.00 bits per heavy atom. The number of alkyl halides is 3. The average molecular weight is 515 g/mol. The molecule has 2 aromatic carbocycles. The molecule has 1 N–H and O–H groups in total. The molecule has 1 aromatic heterocycles. The minimum absolute atomic E-state index is 0.0944. The van der Waals surface area contributed by atoms with Crippen LogP contribution in [0, 0.1) is 5.82 Å². The van der Waals surface area contributed by atoms with E-state index in [4.69, 9.17) is 21.1 Å². The second-order valence-corrected chi connectivity index (χ2v) is 7.04. The molecule has 13 heteroatoms. The third kappa shape index (κ3) is 6.51. The van der Waals surface area contributed by atoms with E-state index in [2.05, 4.69) is 19.8 Å². The minimum atomic E-state index is -4.94. The maximum atomic E-state index is 14.8. The highest BCUT2D eigenvalue weighted by molar-refractivity contribution is 6.31. The predicted octanol–water partition coefficient (Wildman–Crippen LogP) is 5.61. The molecular weight excluding hydrogens is 500 g/mol. The fourth-order valence-corrected chi connectivity index (χ4v) is 3.01. The SMILES string of the molecule is COC(=O)c1cc(NC(=O)c2c(F)cc(Cl)cc2Oc2ccc(OC(F)(F)F)cc2OC)ccn1. The van der Waals surface area contributed by atoms with Crippen molar-refractivity contribution in [2.75, 3.05) is 19.5 Å². The lowest BCUT2D eigenvalue weighted by Crippen LogP contribution is -2.17. The van der Waals surface area contributed by atoms with Crippen LogP contribution in [0.3, 0.4) is 0 Å². The van der Waals surface area contributed by atoms with Crippen molar-refractivity contribution >= 4 is 29.2 Å². The zero-order valence-electron chi connectivity index (χ0n) is 17.9. The maximum Gasteiger partial charge on any atom is 0.573 e. The molecule has 0 aliphatic rings. The molecule has 3 rings (SSSR count). The molecular formula is C22H15ClF4N2O6. The van der Waals surface area contributed by atoms with Crippen LogP contribution < -0.4 is 19.5 Å². The van der Waals surface area contributed by atoms with Crippen molar-refractivity contribution in [1.82, 2.24) is 4.98 Å². The summed E-state index contributed by atoms with van der Waals surface area (Å²) in [5.41, 5.74) is -0.593. The molecule has 8 nitrogen and oxygen atoms in total. The van der Waals surface area contributed by atoms with Crippen molar-refractivity contribution in [3.05, 3.63) is 70.8 Å². The molecule has 0 atom stereocenters. The van der Waals surface area contributed by atoms with Gasteiger partial charge in [-0.3, -0.25) is 4.79 Å². The molecule has 0 unspecified atom stereocenters. The van der Waals surface area contributed by atoms with Crippen molar-refractivity contribution in [2.45, 2.75) is 6.36 Å². The van der Waals surface area contributed by atoms with E-state index in [-0.39, 0.29) is 33.7 Å². The average Bonchev–Trinajstić information content (AvgIpc) is 2.78. The van der Waals surface area contributed by atoms with E-state index < -0.39 is 35.4 Å². The zero-order valence-corrected chi connectivity index (χ0v) is 18.7. The van der Waals surface area contributed by atoms with Crippen molar-refractivity contribution in [3.8, 4) is 23.0 Å². The number of hydrogen-bond acceptors (Lipinski definition) is 7. The lowest BCUT2D eigenvalue weighted by Gasteiger charge is -2.16. The number of pyridine rings is 1. The van der Waals surface area contributed by atoms with Gasteiger partial charge in [-0.25, -0.2) is 14.2 Å². The van der Waals surface area contributed by atoms with Crippen LogP contribution in [-0.2, 0) is 4.74 Å². The molecule has 35 heavy (non-hydrogen) atoms. The van der Waals surface area contributed by atoms with Crippen LogP contribution in [0.25, 0.3) is 0 Å². The largest absolute Gasteiger partial charge is 0.573 e. The molecule has 1 amide bonds. The van der Waals surface area contributed by atoms with E-state index in [9.17, 15) is 27.2 Å². The van der Waals surface area contributed by atoms with Gasteiger partial charge in [-0.1, -0.05) is 11.6 Å². The summed E-state index contributed by atoms with van der Waals surface area (Å²) in [5, 5.41) is 2.28. The van der Waals surface area contributed by atoms with Gasteiger partial charge in [-0.15, -0.1) is 13.2 Å². The topological polar surface area (TPSA) is 96.0 Å². The van der Waals surface area contributed by atoms with Crippen LogP contribution in [0.5, 0.6) is 23.0 Å². The van der Waals surface area contributed by atoms with E-state index in [1.807, 2.05) is 0 Å². The number of rotatable bonds is 7. The van der Waals surface area contributed by atoms with Gasteiger partial charge in [0.25, 0.3) is 5.91 Å². The minimum Gasteiger partial charge on any atom is -0.493 e. The van der Waals surface area contributed by atoms with E-state index in [1.54, 1.807) is 0 Å². The van der Waals surface area contributed by atoms with Gasteiger partial charge in [0, 0.05) is 29.0 Å². The number of nitrogens with zero attached hydrogens (tertiary/aromatic N) is 1. The van der Waals surface area contributed by atoms with Crippen molar-refractivity contribution < 1.29 is 46.1 Å². The predicted molar refractivity (Wildman–Crippen MR) is 115 cm³/mol. The van der Waals surface area contributed by atoms with Gasteiger partial charge in [-0.2, -0.15) is 0 Å². The van der Waals surface area contributed by atoms with Crippen LogP contribution in [-0.4, -0.2) is 37.4 Å². The first kappa shape index (κ1) is 25.6. The fourth-order valence-electron chi connectivity index (χ4n) is 2.82. The van der Waals surface area contributed by atoms with Gasteiger partial charge in [0.15, 0.2) is 11.5 Å². The first-order valence-corrected chi connectivity index (χ1v) is 9.85. The molecule has 3 aromatic rings. The monoisotopic (exact) mass is 514 g/mol. The van der Waals surface area contributed by atoms with E-state index in [1.165, 1.54) is 18.3 Å². The number of nitrogens with one attached hydrogen (secondary N) is 1. The quantitative estimate of drug-likeness (QED) is 0.323. The van der Waals surface area contributed by atoms with Gasteiger partial charge in [0.05, 0.1) is 14.2 Å². The van der Waals surface area contributed by atoms with Gasteiger partial charge < -0.3 is 24.3 Å². The third-order valence-corrected chi connectivity index (χ3v) is 4.47. The second-order valence-electron chi connectivity index (χ2n) is 6.60. The number of methoxy groups -OCH3 is 2. The van der Waals surface area contributed by atoms with Crippen LogP contribution in [0.4, 0.5) is 23.2 Å². The Bertz CT molecular complexity index is 1270. The number of aromatic nitrogens is 1. The molecule has 0 aliphatic heterocycles. The number of ether oxygens (including phenoxy) is 4. The Morgan fingerprint density at radius 2 is 1.74 bits per heavy atom. The zero-order chi connectivity index (χ0) is 25.8. The number of carbonyl (C=O) groups is 2. The third-order valence-electron chi connectivity index (χ3n) is 4.25. The number of esters is 1. The highest BCUT2D eigenvalue weighted by Crippen LogP contribution is 2.39. The molecule has 0 saturated heterocycles. The Kier molecular flexibility index (Phi) is 7.65. The fraction of sp³-hybridized carbons (Fsp3) is 0.136. The number of benzene rings is 2. The van der Waals surface area contributed by atoms with Gasteiger partial charge in [-0.05, 0) is 30.3 Å². The molecule has 0 spiro atoms. The summed E-state index contributed by atoms with van der Waals surface area (Å²) in [6, 6.07) is 7.47. The summed E-state index contributed by atoms with van der Waals surface area (Å²) < 4.78 is 71.3. The molecule has 184 valence electrons. The summed E-state index contributed by atoms with van der Waals surface area (Å²) in [7, 11) is 2.31. The molecule has 0 radical (unpaired) electrons. The number of amides is 1. The molecule has 0 saturated carbocycles. The summed E-state index contributed by atoms with van der Waals surface area (Å²) in [6.07, 6.45) is -3.71. The summed E-state index contributed by atoms with van der Waals surface area (Å²) >= 11 is 5.91.